The van der Waals surface area contributed by atoms with Crippen LogP contribution in [0.5, 0.6) is 0 Å². The van der Waals surface area contributed by atoms with Crippen LogP contribution in [0.3, 0.4) is 0 Å². The molecule has 1 aliphatic rings. The fraction of sp³-hybridized carbons (Fsp3) is 0.179. The van der Waals surface area contributed by atoms with E-state index in [1.807, 2.05) is 0 Å². The topological polar surface area (TPSA) is 0 Å². The van der Waals surface area contributed by atoms with Crippen molar-refractivity contribution in [2.24, 2.45) is 0 Å². The molecule has 6 aromatic rings. The maximum atomic E-state index is 4.68. The number of rotatable bonds is 7. The van der Waals surface area contributed by atoms with E-state index < -0.39 is 0 Å². The zero-order valence-corrected chi connectivity index (χ0v) is 23.9. The second-order valence-electron chi connectivity index (χ2n) is 11.2. The summed E-state index contributed by atoms with van der Waals surface area (Å²) in [5.41, 5.74) is 11.0. The monoisotopic (exact) mass is 534 g/mol. The Morgan fingerprint density at radius 3 is 1.52 bits per heavy atom. The van der Waals surface area contributed by atoms with E-state index in [0.29, 0.717) is 0 Å². The molecule has 0 unspecified atom stereocenters. The maximum absolute atomic E-state index is 4.68. The maximum Gasteiger partial charge on any atom is 0.0215 e. The van der Waals surface area contributed by atoms with Crippen LogP contribution >= 0.6 is 12.6 Å². The highest BCUT2D eigenvalue weighted by molar-refractivity contribution is 7.80. The number of hydrogen-bond acceptors (Lipinski definition) is 1. The van der Waals surface area contributed by atoms with Gasteiger partial charge < -0.3 is 0 Å². The Morgan fingerprint density at radius 1 is 0.525 bits per heavy atom. The lowest BCUT2D eigenvalue weighted by atomic mass is 9.70. The van der Waals surface area contributed by atoms with Gasteiger partial charge in [0.05, 0.1) is 0 Å². The van der Waals surface area contributed by atoms with E-state index in [1.165, 1.54) is 66.1 Å². The summed E-state index contributed by atoms with van der Waals surface area (Å²) in [4.78, 5) is 0. The van der Waals surface area contributed by atoms with Gasteiger partial charge in [-0.25, -0.2) is 0 Å². The van der Waals surface area contributed by atoms with Crippen LogP contribution in [0, 0.1) is 0 Å². The summed E-state index contributed by atoms with van der Waals surface area (Å²) in [6, 6.07) is 45.3. The average Bonchev–Trinajstić information content (AvgIpc) is 3.28. The van der Waals surface area contributed by atoms with Crippen LogP contribution in [-0.2, 0) is 5.41 Å². The van der Waals surface area contributed by atoms with Crippen molar-refractivity contribution in [2.75, 3.05) is 5.75 Å². The van der Waals surface area contributed by atoms with Crippen LogP contribution in [0.25, 0.3) is 54.9 Å². The molecule has 40 heavy (non-hydrogen) atoms. The van der Waals surface area contributed by atoms with E-state index in [-0.39, 0.29) is 5.41 Å². The Hall–Kier alpha value is -3.81. The van der Waals surface area contributed by atoms with Gasteiger partial charge in [-0.2, -0.15) is 12.6 Å². The van der Waals surface area contributed by atoms with Crippen LogP contribution in [0.4, 0.5) is 0 Å². The first-order valence-electron chi connectivity index (χ1n) is 14.6. The van der Waals surface area contributed by atoms with E-state index in [0.717, 1.165) is 31.4 Å². The highest BCUT2D eigenvalue weighted by atomic mass is 32.1. The predicted octanol–water partition coefficient (Wildman–Crippen LogP) is 11.1. The van der Waals surface area contributed by atoms with Crippen molar-refractivity contribution < 1.29 is 0 Å². The van der Waals surface area contributed by atoms with Crippen molar-refractivity contribution in [1.82, 2.24) is 0 Å². The molecule has 0 heterocycles. The van der Waals surface area contributed by atoms with E-state index in [4.69, 9.17) is 0 Å². The van der Waals surface area contributed by atoms with Crippen LogP contribution < -0.4 is 0 Å². The summed E-state index contributed by atoms with van der Waals surface area (Å²) in [5, 5.41) is 5.21. The molecule has 0 nitrogen and oxygen atoms in total. The van der Waals surface area contributed by atoms with Crippen LogP contribution in [0.1, 0.15) is 43.7 Å². The molecule has 1 heteroatoms. The lowest BCUT2D eigenvalue weighted by Gasteiger charge is -2.33. The fourth-order valence-electron chi connectivity index (χ4n) is 7.26. The van der Waals surface area contributed by atoms with Gasteiger partial charge in [-0.05, 0) is 103 Å². The number of benzene rings is 6. The second-order valence-corrected chi connectivity index (χ2v) is 11.7. The van der Waals surface area contributed by atoms with Gasteiger partial charge in [0.2, 0.25) is 0 Å². The minimum Gasteiger partial charge on any atom is -0.179 e. The molecule has 0 spiro atoms. The van der Waals surface area contributed by atoms with Gasteiger partial charge in [0.1, 0.15) is 0 Å². The highest BCUT2D eigenvalue weighted by Gasteiger charge is 2.42. The summed E-state index contributed by atoms with van der Waals surface area (Å²) in [5.74, 6) is 0.905. The first-order valence-corrected chi connectivity index (χ1v) is 15.2. The number of hydrogen-bond donors (Lipinski definition) is 1. The molecule has 0 fully saturated rings. The first-order chi connectivity index (χ1) is 19.7. The third-order valence-corrected chi connectivity index (χ3v) is 9.32. The third kappa shape index (κ3) is 3.99. The van der Waals surface area contributed by atoms with Gasteiger partial charge >= 0.3 is 0 Å². The first kappa shape index (κ1) is 25.2. The molecule has 196 valence electrons. The van der Waals surface area contributed by atoms with E-state index in [9.17, 15) is 0 Å². The Balaban J connectivity index is 1.44. The Kier molecular flexibility index (Phi) is 6.48. The molecule has 0 N–H and O–H groups in total. The van der Waals surface area contributed by atoms with Crippen molar-refractivity contribution in [3.63, 3.8) is 0 Å². The van der Waals surface area contributed by atoms with Gasteiger partial charge in [0, 0.05) is 5.41 Å². The molecule has 0 saturated carbocycles. The molecule has 0 atom stereocenters. The third-order valence-electron chi connectivity index (χ3n) is 9.00. The summed E-state index contributed by atoms with van der Waals surface area (Å²) in [6.45, 7) is 2.34. The smallest absolute Gasteiger partial charge is 0.0215 e. The van der Waals surface area contributed by atoms with Crippen LogP contribution in [0.15, 0.2) is 121 Å². The Bertz CT molecular complexity index is 1720. The molecule has 1 aliphatic carbocycles. The molecule has 7 rings (SSSR count). The highest BCUT2D eigenvalue weighted by Crippen LogP contribution is 2.55. The minimum atomic E-state index is -0.0106. The molecule has 0 saturated heterocycles. The Morgan fingerprint density at radius 2 is 1.02 bits per heavy atom. The molecule has 0 aromatic heterocycles. The zero-order chi connectivity index (χ0) is 27.1. The van der Waals surface area contributed by atoms with Gasteiger partial charge in [0.15, 0.2) is 0 Å². The number of thiol groups is 1. The summed E-state index contributed by atoms with van der Waals surface area (Å²) < 4.78 is 0. The molecular weight excluding hydrogens is 500 g/mol. The quantitative estimate of drug-likeness (QED) is 0.193. The van der Waals surface area contributed by atoms with Gasteiger partial charge in [-0.1, -0.05) is 123 Å². The van der Waals surface area contributed by atoms with Crippen LogP contribution in [0.2, 0.25) is 0 Å². The van der Waals surface area contributed by atoms with E-state index in [1.54, 1.807) is 0 Å². The van der Waals surface area contributed by atoms with Crippen molar-refractivity contribution in [1.29, 1.82) is 0 Å². The zero-order valence-electron chi connectivity index (χ0n) is 23.0. The lowest BCUT2D eigenvalue weighted by molar-refractivity contribution is 0.437. The SMILES string of the molecule is CCCC1(CCCS)c2cc(-c3cccc4ccccc34)ccc2-c2ccc(-c3cccc4ccccc34)cc21. The molecule has 0 amide bonds. The van der Waals surface area contributed by atoms with Gasteiger partial charge in [-0.15, -0.1) is 0 Å². The Labute approximate surface area is 243 Å². The van der Waals surface area contributed by atoms with Crippen molar-refractivity contribution in [3.05, 3.63) is 132 Å². The van der Waals surface area contributed by atoms with Crippen LogP contribution in [-0.4, -0.2) is 5.75 Å². The molecule has 0 bridgehead atoms. The largest absolute Gasteiger partial charge is 0.179 e. The molecular formula is C39H34S. The van der Waals surface area contributed by atoms with Crippen molar-refractivity contribution in [3.8, 4) is 33.4 Å². The lowest BCUT2D eigenvalue weighted by Crippen LogP contribution is -2.25. The van der Waals surface area contributed by atoms with E-state index in [2.05, 4.69) is 141 Å². The second kappa shape index (κ2) is 10.3. The normalized spacial score (nSPS) is 13.4. The number of fused-ring (bicyclic) bond motifs is 5. The standard InChI is InChI=1S/C39H34S/c1-2-22-39(23-9-24-40)37-25-29(33-16-7-12-27-10-3-5-14-31(27)33)18-20-35(37)36-21-19-30(26-38(36)39)34-17-8-13-28-11-4-6-15-32(28)34/h3-8,10-21,25-26,40H,2,9,22-24H2,1H3. The predicted molar refractivity (Wildman–Crippen MR) is 177 cm³/mol. The molecule has 0 radical (unpaired) electrons. The van der Waals surface area contributed by atoms with E-state index >= 15 is 0 Å². The molecule has 6 aromatic carbocycles. The summed E-state index contributed by atoms with van der Waals surface area (Å²) in [7, 11) is 0. The molecule has 0 aliphatic heterocycles. The minimum absolute atomic E-state index is 0.0106. The van der Waals surface area contributed by atoms with Crippen molar-refractivity contribution in [2.45, 2.75) is 38.0 Å². The van der Waals surface area contributed by atoms with Gasteiger partial charge in [0.25, 0.3) is 0 Å². The summed E-state index contributed by atoms with van der Waals surface area (Å²) >= 11 is 4.68. The van der Waals surface area contributed by atoms with Gasteiger partial charge in [-0.3, -0.25) is 0 Å². The average molecular weight is 535 g/mol. The summed E-state index contributed by atoms with van der Waals surface area (Å²) in [6.07, 6.45) is 4.49. The fourth-order valence-corrected chi connectivity index (χ4v) is 7.41. The van der Waals surface area contributed by atoms with Crippen molar-refractivity contribution >= 4 is 34.2 Å².